The summed E-state index contributed by atoms with van der Waals surface area (Å²) >= 11 is 9.23. The van der Waals surface area contributed by atoms with Crippen molar-refractivity contribution >= 4 is 50.0 Å². The van der Waals surface area contributed by atoms with Crippen LogP contribution in [0.2, 0.25) is 5.02 Å². The van der Waals surface area contributed by atoms with Crippen LogP contribution < -0.4 is 5.73 Å². The fourth-order valence-corrected chi connectivity index (χ4v) is 5.24. The van der Waals surface area contributed by atoms with Gasteiger partial charge in [0.25, 0.3) is 0 Å². The standard InChI is InChI=1S/C12H16BrClN2O2S.ClH/c13-12-10(14)5-3-6-11(12)19(17,18)16-7-2-1-4-9(16)8-15;/h3,5-6,9H,1-2,4,7-8,15H2;1H. The number of sulfonamides is 1. The van der Waals surface area contributed by atoms with Crippen molar-refractivity contribution in [2.45, 2.75) is 30.2 Å². The van der Waals surface area contributed by atoms with Crippen LogP contribution in [0.25, 0.3) is 0 Å². The van der Waals surface area contributed by atoms with Gasteiger partial charge in [0.1, 0.15) is 0 Å². The first-order valence-corrected chi connectivity index (χ1v) is 8.75. The lowest BCUT2D eigenvalue weighted by Gasteiger charge is -2.34. The third-order valence-corrected chi connectivity index (χ3v) is 7.00. The van der Waals surface area contributed by atoms with E-state index in [1.807, 2.05) is 0 Å². The Morgan fingerprint density at radius 3 is 2.75 bits per heavy atom. The number of halogens is 3. The van der Waals surface area contributed by atoms with E-state index in [0.29, 0.717) is 22.6 Å². The van der Waals surface area contributed by atoms with Crippen LogP contribution in [0, 0.1) is 0 Å². The zero-order valence-electron chi connectivity index (χ0n) is 10.8. The van der Waals surface area contributed by atoms with Crippen LogP contribution in [0.5, 0.6) is 0 Å². The van der Waals surface area contributed by atoms with Gasteiger partial charge < -0.3 is 5.73 Å². The molecule has 0 bridgehead atoms. The molecule has 1 aromatic rings. The number of nitrogens with zero attached hydrogens (tertiary/aromatic N) is 1. The molecule has 0 radical (unpaired) electrons. The Hall–Kier alpha value is 0.150. The van der Waals surface area contributed by atoms with Crippen LogP contribution in [0.4, 0.5) is 0 Å². The number of piperidine rings is 1. The van der Waals surface area contributed by atoms with E-state index in [4.69, 9.17) is 17.3 Å². The fourth-order valence-electron chi connectivity index (χ4n) is 2.34. The first-order valence-electron chi connectivity index (χ1n) is 6.14. The molecule has 1 aromatic carbocycles. The highest BCUT2D eigenvalue weighted by Crippen LogP contribution is 2.33. The lowest BCUT2D eigenvalue weighted by atomic mass is 10.1. The first-order chi connectivity index (χ1) is 8.98. The summed E-state index contributed by atoms with van der Waals surface area (Å²) in [6.45, 7) is 0.862. The maximum atomic E-state index is 12.7. The first kappa shape index (κ1) is 18.2. The van der Waals surface area contributed by atoms with Gasteiger partial charge in [-0.3, -0.25) is 0 Å². The van der Waals surface area contributed by atoms with Gasteiger partial charge in [-0.15, -0.1) is 12.4 Å². The molecule has 1 atom stereocenters. The molecule has 2 rings (SSSR count). The van der Waals surface area contributed by atoms with Gasteiger partial charge in [-0.2, -0.15) is 4.31 Å². The van der Waals surface area contributed by atoms with Gasteiger partial charge in [0, 0.05) is 19.1 Å². The maximum Gasteiger partial charge on any atom is 0.244 e. The maximum absolute atomic E-state index is 12.7. The van der Waals surface area contributed by atoms with Gasteiger partial charge in [-0.25, -0.2) is 8.42 Å². The Bertz CT molecular complexity index is 569. The normalized spacial score (nSPS) is 20.4. The lowest BCUT2D eigenvalue weighted by Crippen LogP contribution is -2.47. The van der Waals surface area contributed by atoms with Gasteiger partial charge in [-0.1, -0.05) is 24.1 Å². The number of hydrogen-bond donors (Lipinski definition) is 1. The molecule has 0 saturated carbocycles. The summed E-state index contributed by atoms with van der Waals surface area (Å²) in [5, 5.41) is 0.391. The lowest BCUT2D eigenvalue weighted by molar-refractivity contribution is 0.257. The largest absolute Gasteiger partial charge is 0.329 e. The van der Waals surface area contributed by atoms with Crippen molar-refractivity contribution in [2.75, 3.05) is 13.1 Å². The Labute approximate surface area is 139 Å². The summed E-state index contributed by atoms with van der Waals surface area (Å²) in [4.78, 5) is 0.209. The van der Waals surface area contributed by atoms with Crippen molar-refractivity contribution in [3.8, 4) is 0 Å². The number of nitrogens with two attached hydrogens (primary N) is 1. The molecule has 1 saturated heterocycles. The van der Waals surface area contributed by atoms with Crippen molar-refractivity contribution in [1.82, 2.24) is 4.31 Å². The molecular formula is C12H17BrCl2N2O2S. The van der Waals surface area contributed by atoms with Gasteiger partial charge in [0.15, 0.2) is 0 Å². The molecule has 2 N–H and O–H groups in total. The molecule has 4 nitrogen and oxygen atoms in total. The zero-order chi connectivity index (χ0) is 14.0. The zero-order valence-corrected chi connectivity index (χ0v) is 14.7. The van der Waals surface area contributed by atoms with E-state index in [-0.39, 0.29) is 23.3 Å². The highest BCUT2D eigenvalue weighted by Gasteiger charge is 2.34. The predicted molar refractivity (Wildman–Crippen MR) is 87.0 cm³/mol. The van der Waals surface area contributed by atoms with Crippen LogP contribution in [-0.2, 0) is 10.0 Å². The Balaban J connectivity index is 0.00000200. The monoisotopic (exact) mass is 402 g/mol. The minimum atomic E-state index is -3.55. The predicted octanol–water partition coefficient (Wildman–Crippen LogP) is 3.03. The van der Waals surface area contributed by atoms with E-state index < -0.39 is 10.0 Å². The quantitative estimate of drug-likeness (QED) is 0.843. The third kappa shape index (κ3) is 3.48. The molecule has 114 valence electrons. The molecule has 1 fully saturated rings. The van der Waals surface area contributed by atoms with Gasteiger partial charge in [-0.05, 0) is 40.9 Å². The highest BCUT2D eigenvalue weighted by molar-refractivity contribution is 9.10. The van der Waals surface area contributed by atoms with E-state index in [1.54, 1.807) is 18.2 Å². The van der Waals surface area contributed by atoms with E-state index in [2.05, 4.69) is 15.9 Å². The Kier molecular flexibility index (Phi) is 6.76. The summed E-state index contributed by atoms with van der Waals surface area (Å²) < 4.78 is 27.3. The highest BCUT2D eigenvalue weighted by atomic mass is 79.9. The molecule has 1 unspecified atom stereocenters. The molecular weight excluding hydrogens is 387 g/mol. The summed E-state index contributed by atoms with van der Waals surface area (Å²) in [5.41, 5.74) is 5.69. The minimum Gasteiger partial charge on any atom is -0.329 e. The van der Waals surface area contributed by atoms with Crippen molar-refractivity contribution in [3.05, 3.63) is 27.7 Å². The molecule has 1 heterocycles. The number of benzene rings is 1. The summed E-state index contributed by atoms with van der Waals surface area (Å²) in [7, 11) is -3.55. The Morgan fingerprint density at radius 2 is 2.10 bits per heavy atom. The van der Waals surface area contributed by atoms with Crippen LogP contribution in [-0.4, -0.2) is 31.9 Å². The van der Waals surface area contributed by atoms with Crippen molar-refractivity contribution in [1.29, 1.82) is 0 Å². The van der Waals surface area contributed by atoms with Crippen molar-refractivity contribution < 1.29 is 8.42 Å². The van der Waals surface area contributed by atoms with E-state index >= 15 is 0 Å². The van der Waals surface area contributed by atoms with Crippen LogP contribution in [0.1, 0.15) is 19.3 Å². The molecule has 1 aliphatic heterocycles. The summed E-state index contributed by atoms with van der Waals surface area (Å²) in [6, 6.07) is 4.74. The second kappa shape index (κ2) is 7.42. The van der Waals surface area contributed by atoms with Gasteiger partial charge >= 0.3 is 0 Å². The van der Waals surface area contributed by atoms with Crippen LogP contribution >= 0.6 is 39.9 Å². The average Bonchev–Trinajstić information content (AvgIpc) is 2.41. The van der Waals surface area contributed by atoms with Crippen molar-refractivity contribution in [2.24, 2.45) is 5.73 Å². The molecule has 0 spiro atoms. The minimum absolute atomic E-state index is 0. The Morgan fingerprint density at radius 1 is 1.40 bits per heavy atom. The summed E-state index contributed by atoms with van der Waals surface area (Å²) in [5.74, 6) is 0. The topological polar surface area (TPSA) is 63.4 Å². The molecule has 20 heavy (non-hydrogen) atoms. The SMILES string of the molecule is Cl.NCC1CCCCN1S(=O)(=O)c1cccc(Cl)c1Br. The van der Waals surface area contributed by atoms with E-state index in [9.17, 15) is 8.42 Å². The molecule has 0 aliphatic carbocycles. The molecule has 0 aromatic heterocycles. The van der Waals surface area contributed by atoms with E-state index in [0.717, 1.165) is 19.3 Å². The average molecular weight is 404 g/mol. The van der Waals surface area contributed by atoms with E-state index in [1.165, 1.54) is 4.31 Å². The van der Waals surface area contributed by atoms with Crippen LogP contribution in [0.3, 0.4) is 0 Å². The second-order valence-corrected chi connectivity index (χ2v) is 7.61. The van der Waals surface area contributed by atoms with Gasteiger partial charge in [0.05, 0.1) is 14.4 Å². The molecule has 1 aliphatic rings. The van der Waals surface area contributed by atoms with Crippen LogP contribution in [0.15, 0.2) is 27.6 Å². The summed E-state index contributed by atoms with van der Waals surface area (Å²) in [6.07, 6.45) is 2.70. The smallest absolute Gasteiger partial charge is 0.244 e. The number of rotatable bonds is 3. The second-order valence-electron chi connectivity index (χ2n) is 4.55. The fraction of sp³-hybridized carbons (Fsp3) is 0.500. The third-order valence-electron chi connectivity index (χ3n) is 3.35. The molecule has 8 heteroatoms. The van der Waals surface area contributed by atoms with Crippen molar-refractivity contribution in [3.63, 3.8) is 0 Å². The number of hydrogen-bond acceptors (Lipinski definition) is 3. The van der Waals surface area contributed by atoms with Gasteiger partial charge in [0.2, 0.25) is 10.0 Å². The molecule has 0 amide bonds.